The Morgan fingerprint density at radius 2 is 2.32 bits per heavy atom. The number of nitrogens with one attached hydrogen (secondary N) is 2. The fraction of sp³-hybridized carbons (Fsp3) is 0.538. The van der Waals surface area contributed by atoms with Gasteiger partial charge in [-0.15, -0.1) is 11.3 Å². The first-order valence-corrected chi connectivity index (χ1v) is 7.18. The van der Waals surface area contributed by atoms with E-state index in [2.05, 4.69) is 10.6 Å². The number of ether oxygens (including phenoxy) is 1. The van der Waals surface area contributed by atoms with Crippen LogP contribution in [0.15, 0.2) is 12.1 Å². The first-order valence-electron chi connectivity index (χ1n) is 6.37. The third-order valence-corrected chi connectivity index (χ3v) is 3.90. The van der Waals surface area contributed by atoms with Crippen LogP contribution in [0.4, 0.5) is 0 Å². The maximum atomic E-state index is 11.7. The number of carbonyl (C=O) groups excluding carboxylic acids is 2. The Bertz CT molecular complexity index is 452. The van der Waals surface area contributed by atoms with E-state index < -0.39 is 0 Å². The van der Waals surface area contributed by atoms with Gasteiger partial charge in [-0.3, -0.25) is 9.59 Å². The largest absolute Gasteiger partial charge is 0.379 e. The van der Waals surface area contributed by atoms with Crippen LogP contribution in [0.2, 0.25) is 0 Å². The van der Waals surface area contributed by atoms with Crippen LogP contribution in [0, 0.1) is 6.92 Å². The summed E-state index contributed by atoms with van der Waals surface area (Å²) in [6.07, 6.45) is 1.90. The van der Waals surface area contributed by atoms with Crippen LogP contribution in [0.1, 0.15) is 27.4 Å². The van der Waals surface area contributed by atoms with E-state index in [4.69, 9.17) is 4.74 Å². The van der Waals surface area contributed by atoms with Crippen molar-refractivity contribution >= 4 is 23.2 Å². The summed E-state index contributed by atoms with van der Waals surface area (Å²) in [6, 6.07) is 3.73. The minimum atomic E-state index is -0.201. The second-order valence-electron chi connectivity index (χ2n) is 4.57. The maximum absolute atomic E-state index is 11.7. The molecule has 104 valence electrons. The van der Waals surface area contributed by atoms with Gasteiger partial charge in [0.1, 0.15) is 0 Å². The molecular formula is C13H18N2O3S. The second kappa shape index (κ2) is 6.68. The number of carbonyl (C=O) groups is 2. The van der Waals surface area contributed by atoms with Gasteiger partial charge < -0.3 is 15.4 Å². The van der Waals surface area contributed by atoms with Gasteiger partial charge in [-0.2, -0.15) is 0 Å². The second-order valence-corrected chi connectivity index (χ2v) is 5.86. The van der Waals surface area contributed by atoms with E-state index in [1.807, 2.05) is 13.0 Å². The molecule has 1 saturated heterocycles. The highest BCUT2D eigenvalue weighted by Gasteiger charge is 2.16. The van der Waals surface area contributed by atoms with Crippen LogP contribution in [-0.2, 0) is 9.53 Å². The van der Waals surface area contributed by atoms with E-state index in [1.165, 1.54) is 11.3 Å². The number of hydrogen-bond donors (Lipinski definition) is 2. The van der Waals surface area contributed by atoms with E-state index in [0.29, 0.717) is 11.5 Å². The molecule has 0 aromatic carbocycles. The van der Waals surface area contributed by atoms with E-state index in [0.717, 1.165) is 24.3 Å². The molecule has 2 heterocycles. The first kappa shape index (κ1) is 14.0. The predicted octanol–water partition coefficient (Wildman–Crippen LogP) is 1.08. The number of hydrogen-bond acceptors (Lipinski definition) is 4. The predicted molar refractivity (Wildman–Crippen MR) is 73.4 cm³/mol. The van der Waals surface area contributed by atoms with Crippen LogP contribution in [-0.4, -0.2) is 37.6 Å². The topological polar surface area (TPSA) is 67.4 Å². The Morgan fingerprint density at radius 1 is 1.47 bits per heavy atom. The van der Waals surface area contributed by atoms with Gasteiger partial charge in [0, 0.05) is 11.5 Å². The molecule has 1 aromatic rings. The average Bonchev–Trinajstić information content (AvgIpc) is 2.84. The van der Waals surface area contributed by atoms with Gasteiger partial charge in [0.2, 0.25) is 5.91 Å². The van der Waals surface area contributed by atoms with Crippen molar-refractivity contribution in [3.63, 3.8) is 0 Å². The smallest absolute Gasteiger partial charge is 0.261 e. The molecule has 2 N–H and O–H groups in total. The zero-order valence-electron chi connectivity index (χ0n) is 10.9. The van der Waals surface area contributed by atoms with E-state index in [-0.39, 0.29) is 24.4 Å². The molecule has 19 heavy (non-hydrogen) atoms. The molecule has 6 heteroatoms. The molecule has 2 amide bonds. The Kier molecular flexibility index (Phi) is 4.93. The maximum Gasteiger partial charge on any atom is 0.261 e. The van der Waals surface area contributed by atoms with Gasteiger partial charge in [0.05, 0.1) is 24.1 Å². The Labute approximate surface area is 116 Å². The summed E-state index contributed by atoms with van der Waals surface area (Å²) in [4.78, 5) is 25.1. The Morgan fingerprint density at radius 3 is 2.95 bits per heavy atom. The van der Waals surface area contributed by atoms with Crippen molar-refractivity contribution in [3.05, 3.63) is 21.9 Å². The zero-order chi connectivity index (χ0) is 13.7. The van der Waals surface area contributed by atoms with Crippen molar-refractivity contribution in [2.24, 2.45) is 0 Å². The van der Waals surface area contributed by atoms with Crippen molar-refractivity contribution in [2.75, 3.05) is 19.8 Å². The highest BCUT2D eigenvalue weighted by Crippen LogP contribution is 2.14. The number of amides is 2. The summed E-state index contributed by atoms with van der Waals surface area (Å²) in [5.74, 6) is -0.370. The van der Waals surface area contributed by atoms with Gasteiger partial charge in [0.15, 0.2) is 0 Å². The molecule has 0 saturated carbocycles. The van der Waals surface area contributed by atoms with Crippen molar-refractivity contribution in [3.8, 4) is 0 Å². The van der Waals surface area contributed by atoms with Crippen molar-refractivity contribution in [1.82, 2.24) is 10.6 Å². The minimum Gasteiger partial charge on any atom is -0.379 e. The lowest BCUT2D eigenvalue weighted by Gasteiger charge is -2.23. The quantitative estimate of drug-likeness (QED) is 0.868. The summed E-state index contributed by atoms with van der Waals surface area (Å²) in [6.45, 7) is 3.27. The summed E-state index contributed by atoms with van der Waals surface area (Å²) in [5, 5.41) is 5.48. The molecule has 1 fully saturated rings. The normalized spacial score (nSPS) is 18.9. The lowest BCUT2D eigenvalue weighted by atomic mass is 10.1. The van der Waals surface area contributed by atoms with E-state index in [9.17, 15) is 9.59 Å². The van der Waals surface area contributed by atoms with Crippen molar-refractivity contribution < 1.29 is 14.3 Å². The zero-order valence-corrected chi connectivity index (χ0v) is 11.7. The number of aryl methyl sites for hydroxylation is 1. The molecular weight excluding hydrogens is 264 g/mol. The van der Waals surface area contributed by atoms with Crippen LogP contribution in [0.3, 0.4) is 0 Å². The number of thiophene rings is 1. The van der Waals surface area contributed by atoms with Crippen LogP contribution < -0.4 is 10.6 Å². The molecule has 0 radical (unpaired) electrons. The fourth-order valence-corrected chi connectivity index (χ4v) is 2.72. The molecule has 0 bridgehead atoms. The molecule has 1 aromatic heterocycles. The fourth-order valence-electron chi connectivity index (χ4n) is 1.94. The standard InChI is InChI=1S/C13H18N2O3S/c1-9-4-5-11(19-9)13(17)14-7-12(16)15-10-3-2-6-18-8-10/h4-5,10H,2-3,6-8H2,1H3,(H,14,17)(H,15,16)/t10-/m1/s1. The number of rotatable bonds is 4. The lowest BCUT2D eigenvalue weighted by Crippen LogP contribution is -2.45. The molecule has 2 rings (SSSR count). The SMILES string of the molecule is Cc1ccc(C(=O)NCC(=O)N[C@@H]2CCCOC2)s1. The minimum absolute atomic E-state index is 0.00623. The molecule has 0 spiro atoms. The highest BCUT2D eigenvalue weighted by atomic mass is 32.1. The molecule has 1 aliphatic heterocycles. The first-order chi connectivity index (χ1) is 9.15. The molecule has 0 aliphatic carbocycles. The third kappa shape index (κ3) is 4.33. The highest BCUT2D eigenvalue weighted by molar-refractivity contribution is 7.13. The van der Waals surface area contributed by atoms with Crippen LogP contribution in [0.5, 0.6) is 0 Å². The molecule has 5 nitrogen and oxygen atoms in total. The van der Waals surface area contributed by atoms with Crippen molar-refractivity contribution in [1.29, 1.82) is 0 Å². The van der Waals surface area contributed by atoms with Gasteiger partial charge in [-0.05, 0) is 31.9 Å². The monoisotopic (exact) mass is 282 g/mol. The van der Waals surface area contributed by atoms with E-state index >= 15 is 0 Å². The van der Waals surface area contributed by atoms with E-state index in [1.54, 1.807) is 6.07 Å². The molecule has 1 aliphatic rings. The van der Waals surface area contributed by atoms with Gasteiger partial charge >= 0.3 is 0 Å². The Hall–Kier alpha value is -1.40. The van der Waals surface area contributed by atoms with Gasteiger partial charge in [-0.1, -0.05) is 0 Å². The van der Waals surface area contributed by atoms with Gasteiger partial charge in [0.25, 0.3) is 5.91 Å². The van der Waals surface area contributed by atoms with Crippen molar-refractivity contribution in [2.45, 2.75) is 25.8 Å². The average molecular weight is 282 g/mol. The molecule has 1 atom stereocenters. The van der Waals surface area contributed by atoms with Crippen LogP contribution >= 0.6 is 11.3 Å². The lowest BCUT2D eigenvalue weighted by molar-refractivity contribution is -0.121. The summed E-state index contributed by atoms with van der Waals surface area (Å²) < 4.78 is 5.28. The Balaban J connectivity index is 1.72. The summed E-state index contributed by atoms with van der Waals surface area (Å²) in [5.41, 5.74) is 0. The summed E-state index contributed by atoms with van der Waals surface area (Å²) in [7, 11) is 0. The third-order valence-electron chi connectivity index (χ3n) is 2.90. The molecule has 0 unspecified atom stereocenters. The van der Waals surface area contributed by atoms with Crippen LogP contribution in [0.25, 0.3) is 0 Å². The summed E-state index contributed by atoms with van der Waals surface area (Å²) >= 11 is 1.42. The van der Waals surface area contributed by atoms with Gasteiger partial charge in [-0.25, -0.2) is 0 Å².